The molecule has 0 aliphatic carbocycles. The van der Waals surface area contributed by atoms with Gasteiger partial charge in [0.25, 0.3) is 0 Å². The van der Waals surface area contributed by atoms with Crippen LogP contribution in [0.4, 0.5) is 0 Å². The number of aromatic nitrogens is 4. The summed E-state index contributed by atoms with van der Waals surface area (Å²) in [5, 5.41) is 1.44. The van der Waals surface area contributed by atoms with Crippen molar-refractivity contribution in [3.63, 3.8) is 0 Å². The van der Waals surface area contributed by atoms with E-state index in [1.165, 1.54) is 6.07 Å². The molecule has 0 saturated heterocycles. The summed E-state index contributed by atoms with van der Waals surface area (Å²) in [6, 6.07) is 96.5. The smallest absolute Gasteiger partial charge is 0.438 e. The van der Waals surface area contributed by atoms with Crippen molar-refractivity contribution in [2.75, 3.05) is 0 Å². The van der Waals surface area contributed by atoms with Crippen LogP contribution in [0.5, 0.6) is 0 Å². The maximum absolute atomic E-state index is 7.94. The molecule has 0 radical (unpaired) electrons. The summed E-state index contributed by atoms with van der Waals surface area (Å²) in [6.07, 6.45) is 5.39. The van der Waals surface area contributed by atoms with Crippen LogP contribution in [0.15, 0.2) is 272 Å². The molecule has 6 heteroatoms. The Morgan fingerprint density at radius 2 is 0.840 bits per heavy atom. The van der Waals surface area contributed by atoms with Gasteiger partial charge in [0.15, 0.2) is 0 Å². The van der Waals surface area contributed by atoms with E-state index in [0.717, 1.165) is 122 Å². The molecule has 0 unspecified atom stereocenters. The van der Waals surface area contributed by atoms with E-state index in [1.807, 2.05) is 60.9 Å². The zero-order valence-electron chi connectivity index (χ0n) is 46.4. The topological polar surface area (TPSA) is 64.7 Å². The molecular weight excluding hydrogens is 1170 g/mol. The van der Waals surface area contributed by atoms with Crippen LogP contribution in [0.2, 0.25) is 0 Å². The third-order valence-corrected chi connectivity index (χ3v) is 14.8. The normalized spacial score (nSPS) is 11.9. The standard InChI is InChI=1S/C75H47N4O.Ir/c1-49-25-39-68-70-48-78-73(47-74(70)80-75(68)79-49)57-38-40-67(69(46-57)54-28-26-51(27-29-54)50-15-3-2-4-16-50)66-22-10-9-21-65(66)60-44-58(63-19-7-5-17-61(63)52-30-34-55(35-31-52)71-23-11-13-41-76-71)43-59(45-60)64-20-8-6-18-62(64)53-32-36-56(37-33-53)72-24-12-14-42-77-72;/h2-34,36,39-48H,1H3;/q-3;+3/i1D3;. The Kier molecular flexibility index (Phi) is 12.8. The fraction of sp³-hybridized carbons (Fsp3) is 0.0133. The quantitative estimate of drug-likeness (QED) is 0.121. The van der Waals surface area contributed by atoms with Crippen molar-refractivity contribution >= 4 is 22.1 Å². The summed E-state index contributed by atoms with van der Waals surface area (Å²) in [6.45, 7) is -2.37. The first kappa shape index (κ1) is 47.1. The van der Waals surface area contributed by atoms with Gasteiger partial charge in [-0.15, -0.1) is 83.4 Å². The van der Waals surface area contributed by atoms with E-state index in [2.05, 4.69) is 221 Å². The van der Waals surface area contributed by atoms with Gasteiger partial charge < -0.3 is 19.4 Å². The van der Waals surface area contributed by atoms with Gasteiger partial charge in [0.1, 0.15) is 5.58 Å². The number of rotatable bonds is 11. The summed E-state index contributed by atoms with van der Waals surface area (Å²) >= 11 is 0. The number of fused-ring (bicyclic) bond motifs is 3. The number of hydrogen-bond donors (Lipinski definition) is 0. The van der Waals surface area contributed by atoms with Gasteiger partial charge in [0.2, 0.25) is 5.71 Å². The maximum Gasteiger partial charge on any atom is 3.00 e. The first-order chi connectivity index (χ1) is 40.8. The molecule has 0 aliphatic rings. The second kappa shape index (κ2) is 22.0. The first-order valence-corrected chi connectivity index (χ1v) is 26.5. The fourth-order valence-corrected chi connectivity index (χ4v) is 10.9. The molecule has 14 aromatic rings. The predicted octanol–water partition coefficient (Wildman–Crippen LogP) is 19.2. The van der Waals surface area contributed by atoms with Crippen molar-refractivity contribution in [3.8, 4) is 123 Å². The Labute approximate surface area is 488 Å². The average molecular weight is 1220 g/mol. The Balaban J connectivity index is 0.00000658. The molecular formula is C75H47IrN4O. The Morgan fingerprint density at radius 3 is 1.38 bits per heavy atom. The largest absolute Gasteiger partial charge is 3.00 e. The van der Waals surface area contributed by atoms with Crippen LogP contribution in [0.1, 0.15) is 9.81 Å². The second-order valence-electron chi connectivity index (χ2n) is 19.7. The van der Waals surface area contributed by atoms with Crippen LogP contribution >= 0.6 is 0 Å². The zero-order chi connectivity index (χ0) is 55.9. The first-order valence-electron chi connectivity index (χ1n) is 28.0. The number of aryl methyl sites for hydroxylation is 1. The van der Waals surface area contributed by atoms with Gasteiger partial charge in [-0.3, -0.25) is 0 Å². The maximum atomic E-state index is 7.94. The van der Waals surface area contributed by atoms with Gasteiger partial charge in [-0.1, -0.05) is 191 Å². The monoisotopic (exact) mass is 1220 g/mol. The molecule has 0 atom stereocenters. The summed E-state index contributed by atoms with van der Waals surface area (Å²) < 4.78 is 30.1. The minimum atomic E-state index is -2.37. The summed E-state index contributed by atoms with van der Waals surface area (Å²) in [5.74, 6) is 0. The number of furan rings is 1. The van der Waals surface area contributed by atoms with Crippen molar-refractivity contribution in [1.82, 2.24) is 19.9 Å². The van der Waals surface area contributed by atoms with E-state index in [9.17, 15) is 0 Å². The minimum absolute atomic E-state index is 0. The third-order valence-electron chi connectivity index (χ3n) is 14.8. The van der Waals surface area contributed by atoms with E-state index < -0.39 is 6.85 Å². The van der Waals surface area contributed by atoms with E-state index in [1.54, 1.807) is 12.3 Å². The molecule has 0 amide bonds. The molecule has 0 saturated carbocycles. The SMILES string of the molecule is [2H]C([2H])([2H])c1ccc2c(n1)oc1cc(-c3[c-]cc(-c4ccccc4-c4cc(-c5ccccc5-c5c[c-]c(-c6ccccn6)cc5)cc(-c5ccccc5-c5c[c-]c(-c6ccccn6)cc5)c4)c(-c4ccc(-c5ccccc5)cc4)c3)ncc12.[Ir+3]. The zero-order valence-corrected chi connectivity index (χ0v) is 45.8. The van der Waals surface area contributed by atoms with Crippen LogP contribution in [-0.4, -0.2) is 19.9 Å². The van der Waals surface area contributed by atoms with Gasteiger partial charge in [0.05, 0.1) is 0 Å². The van der Waals surface area contributed by atoms with Crippen molar-refractivity contribution in [2.24, 2.45) is 0 Å². The van der Waals surface area contributed by atoms with Gasteiger partial charge in [-0.25, -0.2) is 4.98 Å². The van der Waals surface area contributed by atoms with Crippen LogP contribution in [-0.2, 0) is 20.1 Å². The Morgan fingerprint density at radius 1 is 0.346 bits per heavy atom. The molecule has 9 aromatic carbocycles. The van der Waals surface area contributed by atoms with Crippen LogP contribution < -0.4 is 0 Å². The van der Waals surface area contributed by atoms with E-state index in [-0.39, 0.29) is 31.5 Å². The summed E-state index contributed by atoms with van der Waals surface area (Å²) in [5.41, 5.74) is 22.7. The molecule has 0 aliphatic heterocycles. The minimum Gasteiger partial charge on any atom is -0.438 e. The molecule has 14 rings (SSSR count). The van der Waals surface area contributed by atoms with E-state index in [0.29, 0.717) is 16.7 Å². The molecule has 0 N–H and O–H groups in total. The molecule has 5 heterocycles. The van der Waals surface area contributed by atoms with Crippen LogP contribution in [0.3, 0.4) is 0 Å². The van der Waals surface area contributed by atoms with Crippen LogP contribution in [0.25, 0.3) is 145 Å². The van der Waals surface area contributed by atoms with Gasteiger partial charge in [-0.05, 0) is 123 Å². The molecule has 5 nitrogen and oxygen atoms in total. The Bertz CT molecular complexity index is 4540. The second-order valence-corrected chi connectivity index (χ2v) is 19.7. The van der Waals surface area contributed by atoms with E-state index in [4.69, 9.17) is 13.5 Å². The summed E-state index contributed by atoms with van der Waals surface area (Å²) in [4.78, 5) is 18.5. The Hall–Kier alpha value is -9.97. The molecule has 5 aromatic heterocycles. The van der Waals surface area contributed by atoms with Crippen molar-refractivity contribution in [3.05, 3.63) is 291 Å². The average Bonchev–Trinajstić information content (AvgIpc) is 3.52. The van der Waals surface area contributed by atoms with Crippen molar-refractivity contribution < 1.29 is 28.6 Å². The number of hydrogen-bond acceptors (Lipinski definition) is 5. The molecule has 0 bridgehead atoms. The predicted molar refractivity (Wildman–Crippen MR) is 326 cm³/mol. The summed E-state index contributed by atoms with van der Waals surface area (Å²) in [7, 11) is 0. The third kappa shape index (κ3) is 10.00. The molecule has 0 spiro atoms. The van der Waals surface area contributed by atoms with Crippen LogP contribution in [0, 0.1) is 25.1 Å². The number of benzene rings is 9. The molecule has 382 valence electrons. The van der Waals surface area contributed by atoms with Gasteiger partial charge >= 0.3 is 20.1 Å². The fourth-order valence-electron chi connectivity index (χ4n) is 10.9. The van der Waals surface area contributed by atoms with Gasteiger partial charge in [-0.2, -0.15) is 0 Å². The van der Waals surface area contributed by atoms with Gasteiger partial charge in [0, 0.05) is 39.2 Å². The van der Waals surface area contributed by atoms with Crippen molar-refractivity contribution in [1.29, 1.82) is 0 Å². The number of pyridine rings is 4. The molecule has 81 heavy (non-hydrogen) atoms. The van der Waals surface area contributed by atoms with Crippen molar-refractivity contribution in [2.45, 2.75) is 6.85 Å². The number of nitrogens with zero attached hydrogens (tertiary/aromatic N) is 4. The van der Waals surface area contributed by atoms with E-state index >= 15 is 0 Å². The molecule has 0 fully saturated rings.